The molecule has 0 amide bonds. The fraction of sp³-hybridized carbons (Fsp3) is 0.571. The molecule has 0 rings (SSSR count). The van der Waals surface area contributed by atoms with E-state index >= 15 is 0 Å². The van der Waals surface area contributed by atoms with E-state index in [4.69, 9.17) is 6.42 Å². The predicted octanol–water partition coefficient (Wildman–Crippen LogP) is 1.23. The van der Waals surface area contributed by atoms with Crippen molar-refractivity contribution in [2.75, 3.05) is 0 Å². The number of terminal acetylenes is 1. The van der Waals surface area contributed by atoms with Crippen LogP contribution in [0.4, 0.5) is 0 Å². The number of hydrogen-bond acceptors (Lipinski definition) is 1. The number of Topliss-reactive ketones (excluding diaryl/α,β-unsaturated/α-hetero) is 1. The van der Waals surface area contributed by atoms with Crippen LogP contribution >= 0.6 is 0 Å². The fourth-order valence-electron chi connectivity index (χ4n) is 0.523. The molecule has 0 aliphatic carbocycles. The molecule has 8 heavy (non-hydrogen) atoms. The van der Waals surface area contributed by atoms with Crippen molar-refractivity contribution in [2.24, 2.45) is 5.92 Å². The van der Waals surface area contributed by atoms with Gasteiger partial charge in [-0.2, -0.15) is 0 Å². The monoisotopic (exact) mass is 110 g/mol. The first-order valence-electron chi connectivity index (χ1n) is 2.69. The molecule has 44 valence electrons. The van der Waals surface area contributed by atoms with Gasteiger partial charge in [-0.15, -0.1) is 6.42 Å². The van der Waals surface area contributed by atoms with Gasteiger partial charge >= 0.3 is 0 Å². The summed E-state index contributed by atoms with van der Waals surface area (Å²) in [5, 5.41) is 0. The Bertz CT molecular complexity index is 119. The molecule has 1 heteroatoms. The van der Waals surface area contributed by atoms with Crippen molar-refractivity contribution < 1.29 is 4.79 Å². The maximum atomic E-state index is 10.5. The van der Waals surface area contributed by atoms with Crippen molar-refractivity contribution in [3.63, 3.8) is 0 Å². The molecule has 1 atom stereocenters. The highest BCUT2D eigenvalue weighted by Gasteiger charge is 2.05. The minimum absolute atomic E-state index is 0.0926. The van der Waals surface area contributed by atoms with Crippen molar-refractivity contribution >= 4 is 5.78 Å². The Morgan fingerprint density at radius 2 is 2.38 bits per heavy atom. The van der Waals surface area contributed by atoms with Gasteiger partial charge in [0.15, 0.2) is 0 Å². The van der Waals surface area contributed by atoms with Crippen molar-refractivity contribution in [3.05, 3.63) is 0 Å². The third kappa shape index (κ3) is 1.79. The quantitative estimate of drug-likeness (QED) is 0.489. The van der Waals surface area contributed by atoms with Crippen LogP contribution in [-0.4, -0.2) is 5.78 Å². The maximum Gasteiger partial charge on any atom is 0.144 e. The number of carbonyl (C=O) groups is 1. The summed E-state index contributed by atoms with van der Waals surface area (Å²) < 4.78 is 0. The van der Waals surface area contributed by atoms with Gasteiger partial charge in [0.05, 0.1) is 5.92 Å². The minimum Gasteiger partial charge on any atom is -0.299 e. The second-order valence-corrected chi connectivity index (χ2v) is 1.74. The average Bonchev–Trinajstić information content (AvgIpc) is 1.69. The van der Waals surface area contributed by atoms with E-state index in [0.29, 0.717) is 0 Å². The molecule has 0 aromatic rings. The second kappa shape index (κ2) is 3.26. The van der Waals surface area contributed by atoms with Crippen molar-refractivity contribution in [1.29, 1.82) is 0 Å². The number of carbonyl (C=O) groups excluding carboxylic acids is 1. The Morgan fingerprint density at radius 3 is 2.38 bits per heavy atom. The molecule has 0 radical (unpaired) electrons. The summed E-state index contributed by atoms with van der Waals surface area (Å²) in [6.07, 6.45) is 5.77. The van der Waals surface area contributed by atoms with E-state index in [1.54, 1.807) is 0 Å². The third-order valence-corrected chi connectivity index (χ3v) is 1.10. The zero-order valence-corrected chi connectivity index (χ0v) is 5.27. The SMILES string of the molecule is C#CC(CC)C(C)=O. The lowest BCUT2D eigenvalue weighted by Crippen LogP contribution is -2.05. The van der Waals surface area contributed by atoms with Gasteiger partial charge in [0.2, 0.25) is 0 Å². The highest BCUT2D eigenvalue weighted by molar-refractivity contribution is 5.80. The Morgan fingerprint density at radius 1 is 1.88 bits per heavy atom. The molecule has 0 heterocycles. The third-order valence-electron chi connectivity index (χ3n) is 1.10. The van der Waals surface area contributed by atoms with Crippen LogP contribution < -0.4 is 0 Å². The summed E-state index contributed by atoms with van der Waals surface area (Å²) in [6, 6.07) is 0. The zero-order valence-electron chi connectivity index (χ0n) is 5.27. The molecule has 0 aliphatic rings. The predicted molar refractivity (Wildman–Crippen MR) is 33.3 cm³/mol. The van der Waals surface area contributed by atoms with Crippen LogP contribution in [0.1, 0.15) is 20.3 Å². The Balaban J connectivity index is 3.76. The lowest BCUT2D eigenvalue weighted by molar-refractivity contribution is -0.119. The lowest BCUT2D eigenvalue weighted by Gasteiger charge is -1.97. The number of hydrogen-bond donors (Lipinski definition) is 0. The van der Waals surface area contributed by atoms with Crippen LogP contribution in [0.2, 0.25) is 0 Å². The van der Waals surface area contributed by atoms with Crippen LogP contribution in [0.15, 0.2) is 0 Å². The first-order valence-corrected chi connectivity index (χ1v) is 2.69. The van der Waals surface area contributed by atoms with Gasteiger partial charge in [-0.25, -0.2) is 0 Å². The first-order chi connectivity index (χ1) is 3.72. The first kappa shape index (κ1) is 7.23. The smallest absolute Gasteiger partial charge is 0.144 e. The van der Waals surface area contributed by atoms with Gasteiger partial charge < -0.3 is 0 Å². The lowest BCUT2D eigenvalue weighted by atomic mass is 10.0. The molecule has 0 aromatic heterocycles. The van der Waals surface area contributed by atoms with Gasteiger partial charge in [-0.05, 0) is 13.3 Å². The molecule has 0 bridgehead atoms. The van der Waals surface area contributed by atoms with E-state index in [2.05, 4.69) is 5.92 Å². The number of ketones is 1. The molecule has 0 N–H and O–H groups in total. The molecule has 0 aliphatic heterocycles. The molecule has 0 saturated carbocycles. The standard InChI is InChI=1S/C7H10O/c1-4-7(5-2)6(3)8/h1,7H,5H2,2-3H3. The van der Waals surface area contributed by atoms with E-state index in [9.17, 15) is 4.79 Å². The molecular formula is C7H10O. The zero-order chi connectivity index (χ0) is 6.57. The number of rotatable bonds is 2. The molecule has 1 nitrogen and oxygen atoms in total. The highest BCUT2D eigenvalue weighted by Crippen LogP contribution is 1.99. The molecule has 1 unspecified atom stereocenters. The summed E-state index contributed by atoms with van der Waals surface area (Å²) in [6.45, 7) is 3.43. The van der Waals surface area contributed by atoms with Crippen LogP contribution in [0.5, 0.6) is 0 Å². The largest absolute Gasteiger partial charge is 0.299 e. The van der Waals surface area contributed by atoms with Gasteiger partial charge in [0.1, 0.15) is 5.78 Å². The van der Waals surface area contributed by atoms with Gasteiger partial charge in [-0.1, -0.05) is 12.8 Å². The van der Waals surface area contributed by atoms with E-state index in [-0.39, 0.29) is 11.7 Å². The summed E-state index contributed by atoms with van der Waals surface area (Å²) in [7, 11) is 0. The fourth-order valence-corrected chi connectivity index (χ4v) is 0.523. The highest BCUT2D eigenvalue weighted by atomic mass is 16.1. The van der Waals surface area contributed by atoms with E-state index in [0.717, 1.165) is 6.42 Å². The summed E-state index contributed by atoms with van der Waals surface area (Å²) >= 11 is 0. The Kier molecular flexibility index (Phi) is 2.95. The van der Waals surface area contributed by atoms with Crippen molar-refractivity contribution in [1.82, 2.24) is 0 Å². The van der Waals surface area contributed by atoms with Crippen molar-refractivity contribution in [2.45, 2.75) is 20.3 Å². The second-order valence-electron chi connectivity index (χ2n) is 1.74. The van der Waals surface area contributed by atoms with Crippen molar-refractivity contribution in [3.8, 4) is 12.3 Å². The minimum atomic E-state index is -0.157. The van der Waals surface area contributed by atoms with E-state index < -0.39 is 0 Å². The van der Waals surface area contributed by atoms with Crippen LogP contribution in [0, 0.1) is 18.3 Å². The van der Waals surface area contributed by atoms with Crippen LogP contribution in [0.3, 0.4) is 0 Å². The van der Waals surface area contributed by atoms with Gasteiger partial charge in [-0.3, -0.25) is 4.79 Å². The molecule has 0 saturated heterocycles. The maximum absolute atomic E-state index is 10.5. The Hall–Kier alpha value is -0.770. The van der Waals surface area contributed by atoms with Crippen LogP contribution in [0.25, 0.3) is 0 Å². The normalized spacial score (nSPS) is 12.1. The topological polar surface area (TPSA) is 17.1 Å². The van der Waals surface area contributed by atoms with Gasteiger partial charge in [0.25, 0.3) is 0 Å². The summed E-state index contributed by atoms with van der Waals surface area (Å²) in [4.78, 5) is 10.5. The molecule has 0 fully saturated rings. The molecule has 0 aromatic carbocycles. The van der Waals surface area contributed by atoms with E-state index in [1.165, 1.54) is 6.92 Å². The van der Waals surface area contributed by atoms with Gasteiger partial charge in [0, 0.05) is 0 Å². The van der Waals surface area contributed by atoms with Crippen LogP contribution in [-0.2, 0) is 4.79 Å². The van der Waals surface area contributed by atoms with E-state index in [1.807, 2.05) is 6.92 Å². The molecule has 0 spiro atoms. The molecular weight excluding hydrogens is 100 g/mol. The summed E-state index contributed by atoms with van der Waals surface area (Å²) in [5.41, 5.74) is 0. The summed E-state index contributed by atoms with van der Waals surface area (Å²) in [5.74, 6) is 2.34. The Labute approximate surface area is 50.1 Å². The average molecular weight is 110 g/mol.